The third-order valence-electron chi connectivity index (χ3n) is 2.86. The summed E-state index contributed by atoms with van der Waals surface area (Å²) in [4.78, 5) is 13.7. The Bertz CT molecular complexity index is 667. The van der Waals surface area contributed by atoms with Gasteiger partial charge in [0.2, 0.25) is 12.1 Å². The molecule has 0 aliphatic heterocycles. The van der Waals surface area contributed by atoms with Gasteiger partial charge in [0.15, 0.2) is 0 Å². The quantitative estimate of drug-likeness (QED) is 0.696. The van der Waals surface area contributed by atoms with Crippen LogP contribution >= 0.6 is 0 Å². The number of nitro groups is 1. The highest BCUT2D eigenvalue weighted by molar-refractivity contribution is 5.52. The van der Waals surface area contributed by atoms with E-state index in [-0.39, 0.29) is 17.9 Å². The van der Waals surface area contributed by atoms with Gasteiger partial charge in [0.05, 0.1) is 5.56 Å². The highest BCUT2D eigenvalue weighted by Crippen LogP contribution is 2.32. The van der Waals surface area contributed by atoms with Gasteiger partial charge in [0.25, 0.3) is 0 Å². The van der Waals surface area contributed by atoms with Gasteiger partial charge in [0.1, 0.15) is 0 Å². The number of benzene rings is 1. The maximum atomic E-state index is 12.8. The van der Waals surface area contributed by atoms with E-state index in [1.807, 2.05) is 0 Å². The molecule has 0 fully saturated rings. The molecule has 2 aromatic rings. The van der Waals surface area contributed by atoms with Crippen molar-refractivity contribution in [2.75, 3.05) is 5.32 Å². The van der Waals surface area contributed by atoms with Crippen LogP contribution in [0.5, 0.6) is 0 Å². The zero-order valence-electron chi connectivity index (χ0n) is 10.9. The fourth-order valence-corrected chi connectivity index (χ4v) is 1.89. The summed E-state index contributed by atoms with van der Waals surface area (Å²) < 4.78 is 39.9. The van der Waals surface area contributed by atoms with Crippen LogP contribution in [0.15, 0.2) is 30.6 Å². The second-order valence-electron chi connectivity index (χ2n) is 4.29. The maximum absolute atomic E-state index is 12.8. The second-order valence-corrected chi connectivity index (χ2v) is 4.29. The van der Waals surface area contributed by atoms with Gasteiger partial charge in [-0.05, 0) is 21.5 Å². The number of aromatic nitrogens is 2. The fourth-order valence-electron chi connectivity index (χ4n) is 1.89. The van der Waals surface area contributed by atoms with Crippen LogP contribution in [0.1, 0.15) is 11.1 Å². The molecule has 6 nitrogen and oxygen atoms in total. The molecule has 0 amide bonds. The maximum Gasteiger partial charge on any atom is 0.416 e. The van der Waals surface area contributed by atoms with Gasteiger partial charge in [-0.1, -0.05) is 18.2 Å². The molecule has 0 aliphatic carbocycles. The lowest BCUT2D eigenvalue weighted by atomic mass is 10.1. The van der Waals surface area contributed by atoms with Crippen LogP contribution in [-0.2, 0) is 19.8 Å². The summed E-state index contributed by atoms with van der Waals surface area (Å²) in [6.07, 6.45) is -3.26. The number of nitrogens with zero attached hydrogens (tertiary/aromatic N) is 3. The van der Waals surface area contributed by atoms with Gasteiger partial charge in [0, 0.05) is 13.6 Å². The van der Waals surface area contributed by atoms with E-state index in [1.54, 1.807) is 0 Å². The van der Waals surface area contributed by atoms with Crippen molar-refractivity contribution in [2.24, 2.45) is 7.05 Å². The van der Waals surface area contributed by atoms with Crippen molar-refractivity contribution >= 4 is 11.6 Å². The Morgan fingerprint density at radius 2 is 2.05 bits per heavy atom. The third kappa shape index (κ3) is 3.12. The lowest BCUT2D eigenvalue weighted by molar-refractivity contribution is -0.388. The van der Waals surface area contributed by atoms with Gasteiger partial charge in [-0.15, -0.1) is 0 Å². The third-order valence-corrected chi connectivity index (χ3v) is 2.86. The standard InChI is InChI=1S/C12H11F3N4O2/c1-18-7-17-11(19(20)21)10(18)16-6-8-4-2-3-5-9(8)12(13,14)15/h2-5,7,16H,6H2,1H3. The van der Waals surface area contributed by atoms with E-state index in [0.29, 0.717) is 0 Å². The predicted octanol–water partition coefficient (Wildman–Crippen LogP) is 2.96. The molecule has 0 saturated heterocycles. The average molecular weight is 300 g/mol. The summed E-state index contributed by atoms with van der Waals surface area (Å²) in [5.74, 6) is -0.376. The van der Waals surface area contributed by atoms with E-state index >= 15 is 0 Å². The lowest BCUT2D eigenvalue weighted by Gasteiger charge is -2.13. The molecule has 1 aromatic carbocycles. The van der Waals surface area contributed by atoms with E-state index in [2.05, 4.69) is 10.3 Å². The second kappa shape index (κ2) is 5.43. The highest BCUT2D eigenvalue weighted by atomic mass is 19.4. The summed E-state index contributed by atoms with van der Waals surface area (Å²) in [5.41, 5.74) is -0.775. The van der Waals surface area contributed by atoms with Crippen LogP contribution in [0.3, 0.4) is 0 Å². The Kier molecular flexibility index (Phi) is 3.83. The first-order chi connectivity index (χ1) is 9.80. The van der Waals surface area contributed by atoms with Crippen LogP contribution in [0.25, 0.3) is 0 Å². The lowest BCUT2D eigenvalue weighted by Crippen LogP contribution is -2.13. The summed E-state index contributed by atoms with van der Waals surface area (Å²) in [6, 6.07) is 5.05. The number of hydrogen-bond acceptors (Lipinski definition) is 4. The summed E-state index contributed by atoms with van der Waals surface area (Å²) in [5, 5.41) is 13.4. The zero-order valence-corrected chi connectivity index (χ0v) is 10.9. The van der Waals surface area contributed by atoms with Crippen molar-refractivity contribution in [3.05, 3.63) is 51.8 Å². The number of hydrogen-bond donors (Lipinski definition) is 1. The minimum atomic E-state index is -4.48. The summed E-state index contributed by atoms with van der Waals surface area (Å²) in [7, 11) is 1.51. The molecule has 2 rings (SSSR count). The first-order valence-electron chi connectivity index (χ1n) is 5.85. The predicted molar refractivity (Wildman–Crippen MR) is 68.6 cm³/mol. The number of halogens is 3. The first kappa shape index (κ1) is 14.8. The molecule has 1 heterocycles. The fraction of sp³-hybridized carbons (Fsp3) is 0.250. The van der Waals surface area contributed by atoms with Crippen molar-refractivity contribution < 1.29 is 18.1 Å². The van der Waals surface area contributed by atoms with Crippen molar-refractivity contribution in [1.82, 2.24) is 9.55 Å². The SMILES string of the molecule is Cn1cnc([N+](=O)[O-])c1NCc1ccccc1C(F)(F)F. The monoisotopic (exact) mass is 300 g/mol. The van der Waals surface area contributed by atoms with Gasteiger partial charge in [-0.2, -0.15) is 13.2 Å². The smallest absolute Gasteiger partial charge is 0.360 e. The molecule has 0 atom stereocenters. The van der Waals surface area contributed by atoms with Crippen LogP contribution < -0.4 is 5.32 Å². The number of alkyl halides is 3. The number of nitrogens with one attached hydrogen (secondary N) is 1. The first-order valence-corrected chi connectivity index (χ1v) is 5.85. The van der Waals surface area contributed by atoms with Crippen molar-refractivity contribution in [2.45, 2.75) is 12.7 Å². The summed E-state index contributed by atoms with van der Waals surface area (Å²) in [6.45, 7) is -0.198. The number of anilines is 1. The van der Waals surface area contributed by atoms with Crippen LogP contribution in [-0.4, -0.2) is 14.5 Å². The van der Waals surface area contributed by atoms with E-state index in [9.17, 15) is 23.3 Å². The van der Waals surface area contributed by atoms with Gasteiger partial charge < -0.3 is 15.4 Å². The van der Waals surface area contributed by atoms with Crippen LogP contribution in [0.4, 0.5) is 24.8 Å². The van der Waals surface area contributed by atoms with Crippen molar-refractivity contribution in [3.63, 3.8) is 0 Å². The molecule has 9 heteroatoms. The largest absolute Gasteiger partial charge is 0.416 e. The highest BCUT2D eigenvalue weighted by Gasteiger charge is 2.33. The van der Waals surface area contributed by atoms with E-state index in [0.717, 1.165) is 6.07 Å². The molecule has 112 valence electrons. The molecular formula is C12H11F3N4O2. The van der Waals surface area contributed by atoms with Gasteiger partial charge in [-0.25, -0.2) is 0 Å². The Morgan fingerprint density at radius 1 is 1.38 bits per heavy atom. The molecule has 0 radical (unpaired) electrons. The normalized spacial score (nSPS) is 11.4. The Morgan fingerprint density at radius 3 is 2.67 bits per heavy atom. The Labute approximate surface area is 117 Å². The molecule has 0 aliphatic rings. The molecule has 0 bridgehead atoms. The number of aryl methyl sites for hydroxylation is 1. The van der Waals surface area contributed by atoms with E-state index in [4.69, 9.17) is 0 Å². The topological polar surface area (TPSA) is 73.0 Å². The molecule has 0 unspecified atom stereocenters. The minimum absolute atomic E-state index is 0.000461. The molecule has 21 heavy (non-hydrogen) atoms. The zero-order chi connectivity index (χ0) is 15.6. The Hall–Kier alpha value is -2.58. The molecule has 1 aromatic heterocycles. The van der Waals surface area contributed by atoms with E-state index in [1.165, 1.54) is 36.1 Å². The van der Waals surface area contributed by atoms with Crippen LogP contribution in [0, 0.1) is 10.1 Å². The molecular weight excluding hydrogens is 289 g/mol. The summed E-state index contributed by atoms with van der Waals surface area (Å²) >= 11 is 0. The molecule has 0 spiro atoms. The minimum Gasteiger partial charge on any atom is -0.360 e. The van der Waals surface area contributed by atoms with Crippen molar-refractivity contribution in [3.8, 4) is 0 Å². The van der Waals surface area contributed by atoms with Gasteiger partial charge >= 0.3 is 12.0 Å². The van der Waals surface area contributed by atoms with E-state index < -0.39 is 22.5 Å². The average Bonchev–Trinajstić information content (AvgIpc) is 2.77. The number of rotatable bonds is 4. The van der Waals surface area contributed by atoms with Gasteiger partial charge in [-0.3, -0.25) is 4.57 Å². The van der Waals surface area contributed by atoms with Crippen molar-refractivity contribution in [1.29, 1.82) is 0 Å². The number of imidazole rings is 1. The Balaban J connectivity index is 2.26. The molecule has 1 N–H and O–H groups in total. The van der Waals surface area contributed by atoms with Crippen LogP contribution in [0.2, 0.25) is 0 Å². The molecule has 0 saturated carbocycles.